The van der Waals surface area contributed by atoms with Crippen LogP contribution in [0.1, 0.15) is 47.5 Å². The summed E-state index contributed by atoms with van der Waals surface area (Å²) in [5.41, 5.74) is -0.641. The molecular formula is C23H30F3N3O2S. The van der Waals surface area contributed by atoms with E-state index >= 15 is 0 Å². The number of alkyl halides is 3. The summed E-state index contributed by atoms with van der Waals surface area (Å²) < 4.78 is 45.2. The fraction of sp³-hybridized carbons (Fsp3) is 0.609. The predicted octanol–water partition coefficient (Wildman–Crippen LogP) is 4.26. The lowest BCUT2D eigenvalue weighted by Gasteiger charge is -2.37. The molecule has 2 aliphatic rings. The van der Waals surface area contributed by atoms with E-state index in [9.17, 15) is 18.3 Å². The minimum absolute atomic E-state index is 0.226. The molecule has 0 bridgehead atoms. The minimum atomic E-state index is -4.36. The summed E-state index contributed by atoms with van der Waals surface area (Å²) in [6.07, 6.45) is -1.16. The van der Waals surface area contributed by atoms with Crippen molar-refractivity contribution in [2.75, 3.05) is 33.4 Å². The van der Waals surface area contributed by atoms with Gasteiger partial charge < -0.3 is 9.84 Å². The first-order valence-electron chi connectivity index (χ1n) is 11.1. The zero-order chi connectivity index (χ0) is 22.8. The van der Waals surface area contributed by atoms with E-state index in [4.69, 9.17) is 9.72 Å². The molecule has 0 amide bonds. The van der Waals surface area contributed by atoms with E-state index in [2.05, 4.69) is 4.90 Å². The third-order valence-corrected chi connectivity index (χ3v) is 7.46. The van der Waals surface area contributed by atoms with Gasteiger partial charge >= 0.3 is 6.18 Å². The number of hydrogen-bond acceptors (Lipinski definition) is 6. The Balaban J connectivity index is 1.36. The van der Waals surface area contributed by atoms with E-state index in [0.717, 1.165) is 43.6 Å². The van der Waals surface area contributed by atoms with Gasteiger partial charge in [-0.25, -0.2) is 4.98 Å². The molecule has 0 aliphatic carbocycles. The first kappa shape index (κ1) is 23.6. The molecule has 1 aromatic heterocycles. The largest absolute Gasteiger partial charge is 0.416 e. The summed E-state index contributed by atoms with van der Waals surface area (Å²) in [6.45, 7) is 3.78. The van der Waals surface area contributed by atoms with Gasteiger partial charge in [-0.2, -0.15) is 13.2 Å². The Morgan fingerprint density at radius 3 is 2.66 bits per heavy atom. The van der Waals surface area contributed by atoms with Crippen LogP contribution in [0.15, 0.2) is 29.6 Å². The summed E-state index contributed by atoms with van der Waals surface area (Å²) in [4.78, 5) is 9.10. The van der Waals surface area contributed by atoms with Crippen molar-refractivity contribution < 1.29 is 23.0 Å². The normalized spacial score (nSPS) is 22.5. The Morgan fingerprint density at radius 2 is 1.94 bits per heavy atom. The fourth-order valence-corrected chi connectivity index (χ4v) is 5.68. The quantitative estimate of drug-likeness (QED) is 0.657. The predicted molar refractivity (Wildman–Crippen MR) is 117 cm³/mol. The molecule has 0 spiro atoms. The molecule has 1 unspecified atom stereocenters. The second kappa shape index (κ2) is 9.77. The number of piperidine rings is 1. The molecule has 0 radical (unpaired) electrons. The van der Waals surface area contributed by atoms with Crippen molar-refractivity contribution in [1.82, 2.24) is 14.8 Å². The number of thiazole rings is 1. The number of nitrogens with zero attached hydrogens (tertiary/aromatic N) is 3. The highest BCUT2D eigenvalue weighted by atomic mass is 32.1. The van der Waals surface area contributed by atoms with Crippen LogP contribution in [0.5, 0.6) is 0 Å². The second-order valence-electron chi connectivity index (χ2n) is 8.81. The van der Waals surface area contributed by atoms with Gasteiger partial charge in [0.2, 0.25) is 0 Å². The topological polar surface area (TPSA) is 48.8 Å². The molecule has 1 N–H and O–H groups in total. The number of hydrogen-bond donors (Lipinski definition) is 1. The average Bonchev–Trinajstić information content (AvgIpc) is 3.40. The monoisotopic (exact) mass is 469 g/mol. The lowest BCUT2D eigenvalue weighted by molar-refractivity contribution is -0.138. The van der Waals surface area contributed by atoms with Crippen molar-refractivity contribution in [2.45, 2.75) is 56.6 Å². The average molecular weight is 470 g/mol. The molecule has 0 saturated carbocycles. The van der Waals surface area contributed by atoms with Crippen LogP contribution in [0.2, 0.25) is 0 Å². The summed E-state index contributed by atoms with van der Waals surface area (Å²) in [6, 6.07) is 6.13. The van der Waals surface area contributed by atoms with Crippen molar-refractivity contribution in [2.24, 2.45) is 0 Å². The Bertz CT molecular complexity index is 897. The van der Waals surface area contributed by atoms with E-state index < -0.39 is 17.3 Å². The van der Waals surface area contributed by atoms with Crippen LogP contribution >= 0.6 is 11.3 Å². The molecule has 2 aromatic rings. The van der Waals surface area contributed by atoms with E-state index in [0.29, 0.717) is 37.7 Å². The van der Waals surface area contributed by atoms with Crippen molar-refractivity contribution in [3.05, 3.63) is 51.5 Å². The molecule has 1 aromatic carbocycles. The SMILES string of the molecule is COCC1CCCN1Cc1nc(C2(O)CCN(Cc3ccccc3C(F)(F)F)CC2)cs1. The standard InChI is InChI=1S/C23H30F3N3O2S/c1-31-15-18-6-4-10-29(18)14-21-27-20(16-32-21)22(30)8-11-28(12-9-22)13-17-5-2-3-7-19(17)23(24,25)26/h2-3,5,7,16,18,30H,4,6,8-15H2,1H3. The van der Waals surface area contributed by atoms with Gasteiger partial charge in [-0.1, -0.05) is 18.2 Å². The third kappa shape index (κ3) is 5.34. The number of rotatable bonds is 7. The molecular weight excluding hydrogens is 439 g/mol. The first-order chi connectivity index (χ1) is 15.3. The number of ether oxygens (including phenoxy) is 1. The molecule has 9 heteroatoms. The molecule has 32 heavy (non-hydrogen) atoms. The molecule has 3 heterocycles. The van der Waals surface area contributed by atoms with Crippen LogP contribution in [-0.4, -0.2) is 59.3 Å². The first-order valence-corrected chi connectivity index (χ1v) is 11.9. The van der Waals surface area contributed by atoms with Crippen LogP contribution in [0.3, 0.4) is 0 Å². The Labute approximate surface area is 190 Å². The lowest BCUT2D eigenvalue weighted by Crippen LogP contribution is -2.42. The highest BCUT2D eigenvalue weighted by Gasteiger charge is 2.38. The minimum Gasteiger partial charge on any atom is -0.383 e. The van der Waals surface area contributed by atoms with Gasteiger partial charge in [0.15, 0.2) is 0 Å². The second-order valence-corrected chi connectivity index (χ2v) is 9.75. The summed E-state index contributed by atoms with van der Waals surface area (Å²) in [5.74, 6) is 0. The number of halogens is 3. The van der Waals surface area contributed by atoms with Gasteiger partial charge in [-0.05, 0) is 43.9 Å². The highest BCUT2D eigenvalue weighted by molar-refractivity contribution is 7.09. The van der Waals surface area contributed by atoms with Gasteiger partial charge in [-0.3, -0.25) is 9.80 Å². The van der Waals surface area contributed by atoms with Crippen LogP contribution in [-0.2, 0) is 29.6 Å². The van der Waals surface area contributed by atoms with E-state index in [1.54, 1.807) is 24.5 Å². The number of methoxy groups -OCH3 is 1. The van der Waals surface area contributed by atoms with Crippen molar-refractivity contribution >= 4 is 11.3 Å². The van der Waals surface area contributed by atoms with E-state index in [-0.39, 0.29) is 12.1 Å². The molecule has 176 valence electrons. The molecule has 2 aliphatic heterocycles. The summed E-state index contributed by atoms with van der Waals surface area (Å²) in [7, 11) is 1.72. The maximum absolute atomic E-state index is 13.3. The van der Waals surface area contributed by atoms with Gasteiger partial charge in [0.05, 0.1) is 24.4 Å². The molecule has 1 atom stereocenters. The molecule has 2 fully saturated rings. The zero-order valence-corrected chi connectivity index (χ0v) is 19.1. The molecule has 5 nitrogen and oxygen atoms in total. The third-order valence-electron chi connectivity index (χ3n) is 6.62. The van der Waals surface area contributed by atoms with Crippen LogP contribution in [0.25, 0.3) is 0 Å². The van der Waals surface area contributed by atoms with Crippen molar-refractivity contribution in [1.29, 1.82) is 0 Å². The molecule has 4 rings (SSSR count). The number of aromatic nitrogens is 1. The Hall–Kier alpha value is -1.52. The zero-order valence-electron chi connectivity index (χ0n) is 18.3. The number of likely N-dealkylation sites (tertiary alicyclic amines) is 2. The maximum Gasteiger partial charge on any atom is 0.416 e. The van der Waals surface area contributed by atoms with E-state index in [1.807, 2.05) is 10.3 Å². The summed E-state index contributed by atoms with van der Waals surface area (Å²) >= 11 is 1.56. The van der Waals surface area contributed by atoms with E-state index in [1.165, 1.54) is 12.1 Å². The van der Waals surface area contributed by atoms with Gasteiger partial charge in [0.25, 0.3) is 0 Å². The van der Waals surface area contributed by atoms with Crippen LogP contribution in [0, 0.1) is 0 Å². The van der Waals surface area contributed by atoms with Gasteiger partial charge in [0, 0.05) is 38.2 Å². The van der Waals surface area contributed by atoms with Gasteiger partial charge in [-0.15, -0.1) is 11.3 Å². The molecule has 2 saturated heterocycles. The van der Waals surface area contributed by atoms with Crippen LogP contribution < -0.4 is 0 Å². The Morgan fingerprint density at radius 1 is 1.19 bits per heavy atom. The Kier molecular flexibility index (Phi) is 7.21. The number of aliphatic hydroxyl groups is 1. The lowest BCUT2D eigenvalue weighted by atomic mass is 9.88. The highest BCUT2D eigenvalue weighted by Crippen LogP contribution is 2.36. The fourth-order valence-electron chi connectivity index (χ4n) is 4.77. The van der Waals surface area contributed by atoms with Crippen LogP contribution in [0.4, 0.5) is 13.2 Å². The van der Waals surface area contributed by atoms with Crippen molar-refractivity contribution in [3.8, 4) is 0 Å². The van der Waals surface area contributed by atoms with Crippen molar-refractivity contribution in [3.63, 3.8) is 0 Å². The smallest absolute Gasteiger partial charge is 0.383 e. The van der Waals surface area contributed by atoms with Gasteiger partial charge in [0.1, 0.15) is 10.6 Å². The maximum atomic E-state index is 13.3. The summed E-state index contributed by atoms with van der Waals surface area (Å²) in [5, 5.41) is 14.1. The number of benzene rings is 1.